The molecule has 0 radical (unpaired) electrons. The fourth-order valence-corrected chi connectivity index (χ4v) is 2.49. The van der Waals surface area contributed by atoms with Crippen LogP contribution < -0.4 is 10.6 Å². The topological polar surface area (TPSA) is 66.9 Å². The van der Waals surface area contributed by atoms with Gasteiger partial charge in [0.15, 0.2) is 0 Å². The number of benzene rings is 1. The molecule has 5 nitrogen and oxygen atoms in total. The fraction of sp³-hybridized carbons (Fsp3) is 0.389. The van der Waals surface area contributed by atoms with E-state index in [1.54, 1.807) is 6.07 Å². The summed E-state index contributed by atoms with van der Waals surface area (Å²) in [6, 6.07) is 9.44. The van der Waals surface area contributed by atoms with E-state index in [0.717, 1.165) is 36.3 Å². The Morgan fingerprint density at radius 2 is 2.04 bits per heavy atom. The molecule has 1 aromatic carbocycles. The molecular weight excluding hydrogens is 324 g/mol. The van der Waals surface area contributed by atoms with E-state index in [1.807, 2.05) is 24.3 Å². The summed E-state index contributed by atoms with van der Waals surface area (Å²) < 4.78 is 0. The number of carbonyl (C=O) groups excluding carboxylic acids is 1. The van der Waals surface area contributed by atoms with Crippen molar-refractivity contribution in [2.24, 2.45) is 0 Å². The third-order valence-corrected chi connectivity index (χ3v) is 3.81. The van der Waals surface area contributed by atoms with Crippen molar-refractivity contribution in [1.29, 1.82) is 0 Å². The number of hydrogen-bond acceptors (Lipinski definition) is 4. The molecule has 0 atom stereocenters. The maximum Gasteiger partial charge on any atom is 0.270 e. The highest BCUT2D eigenvalue weighted by Crippen LogP contribution is 2.11. The molecule has 0 aliphatic carbocycles. The van der Waals surface area contributed by atoms with Gasteiger partial charge in [0.1, 0.15) is 17.8 Å². The summed E-state index contributed by atoms with van der Waals surface area (Å²) >= 11 is 5.97. The number of nitrogens with one attached hydrogen (secondary N) is 2. The second-order valence-electron chi connectivity index (χ2n) is 5.56. The van der Waals surface area contributed by atoms with Gasteiger partial charge in [0.2, 0.25) is 0 Å². The number of rotatable bonds is 9. The Morgan fingerprint density at radius 1 is 1.17 bits per heavy atom. The van der Waals surface area contributed by atoms with E-state index in [0.29, 0.717) is 24.6 Å². The summed E-state index contributed by atoms with van der Waals surface area (Å²) in [6.07, 6.45) is 5.45. The third kappa shape index (κ3) is 6.16. The van der Waals surface area contributed by atoms with E-state index >= 15 is 0 Å². The number of aromatic nitrogens is 2. The molecule has 0 aliphatic rings. The molecule has 2 N–H and O–H groups in total. The molecule has 0 saturated heterocycles. The van der Waals surface area contributed by atoms with E-state index in [1.165, 1.54) is 6.33 Å². The zero-order valence-electron chi connectivity index (χ0n) is 13.9. The lowest BCUT2D eigenvalue weighted by molar-refractivity contribution is 0.0948. The molecule has 24 heavy (non-hydrogen) atoms. The van der Waals surface area contributed by atoms with Crippen LogP contribution in [0.4, 0.5) is 5.82 Å². The van der Waals surface area contributed by atoms with Crippen LogP contribution >= 0.6 is 11.6 Å². The number of hydrogen-bond donors (Lipinski definition) is 2. The van der Waals surface area contributed by atoms with Crippen molar-refractivity contribution in [2.75, 3.05) is 18.4 Å². The first-order valence-corrected chi connectivity index (χ1v) is 8.65. The number of unbranched alkanes of at least 4 members (excludes halogenated alkanes) is 2. The van der Waals surface area contributed by atoms with E-state index < -0.39 is 0 Å². The van der Waals surface area contributed by atoms with Gasteiger partial charge in [-0.25, -0.2) is 9.97 Å². The van der Waals surface area contributed by atoms with Crippen LogP contribution in [0.15, 0.2) is 36.7 Å². The van der Waals surface area contributed by atoms with Crippen molar-refractivity contribution in [1.82, 2.24) is 15.3 Å². The second kappa shape index (κ2) is 9.88. The molecule has 0 saturated carbocycles. The van der Waals surface area contributed by atoms with Gasteiger partial charge in [0.05, 0.1) is 0 Å². The van der Waals surface area contributed by atoms with Crippen molar-refractivity contribution in [2.45, 2.75) is 32.6 Å². The molecule has 0 spiro atoms. The molecule has 1 aromatic heterocycles. The highest BCUT2D eigenvalue weighted by molar-refractivity contribution is 6.30. The lowest BCUT2D eigenvalue weighted by atomic mass is 10.1. The average molecular weight is 347 g/mol. The summed E-state index contributed by atoms with van der Waals surface area (Å²) in [5.41, 5.74) is 1.53. The maximum atomic E-state index is 12.0. The van der Waals surface area contributed by atoms with E-state index in [2.05, 4.69) is 27.5 Å². The van der Waals surface area contributed by atoms with E-state index in [-0.39, 0.29) is 5.91 Å². The quantitative estimate of drug-likeness (QED) is 0.679. The van der Waals surface area contributed by atoms with Crippen LogP contribution in [0.1, 0.15) is 42.2 Å². The highest BCUT2D eigenvalue weighted by Gasteiger charge is 2.07. The molecule has 128 valence electrons. The van der Waals surface area contributed by atoms with E-state index in [9.17, 15) is 4.79 Å². The van der Waals surface area contributed by atoms with Crippen LogP contribution in [0, 0.1) is 0 Å². The lowest BCUT2D eigenvalue weighted by Gasteiger charge is -2.08. The minimum atomic E-state index is -0.161. The molecule has 1 amide bonds. The minimum absolute atomic E-state index is 0.161. The molecule has 0 aliphatic heterocycles. The summed E-state index contributed by atoms with van der Waals surface area (Å²) in [7, 11) is 0. The van der Waals surface area contributed by atoms with Gasteiger partial charge in [-0.3, -0.25) is 4.79 Å². The van der Waals surface area contributed by atoms with Gasteiger partial charge in [0.25, 0.3) is 5.91 Å². The molecule has 0 unspecified atom stereocenters. The molecule has 1 heterocycles. The Morgan fingerprint density at radius 3 is 2.83 bits per heavy atom. The van der Waals surface area contributed by atoms with E-state index in [4.69, 9.17) is 11.6 Å². The monoisotopic (exact) mass is 346 g/mol. The number of halogens is 1. The first-order valence-electron chi connectivity index (χ1n) is 8.27. The Labute approximate surface area is 147 Å². The Kier molecular flexibility index (Phi) is 7.49. The molecule has 2 aromatic rings. The number of anilines is 1. The van der Waals surface area contributed by atoms with Gasteiger partial charge in [-0.2, -0.15) is 0 Å². The first-order chi connectivity index (χ1) is 11.7. The summed E-state index contributed by atoms with van der Waals surface area (Å²) in [5, 5.41) is 6.82. The normalized spacial score (nSPS) is 10.4. The van der Waals surface area contributed by atoms with Gasteiger partial charge in [-0.05, 0) is 30.5 Å². The number of amides is 1. The van der Waals surface area contributed by atoms with Crippen molar-refractivity contribution in [3.63, 3.8) is 0 Å². The van der Waals surface area contributed by atoms with Crippen molar-refractivity contribution in [3.05, 3.63) is 52.9 Å². The number of nitrogens with zero attached hydrogens (tertiary/aromatic N) is 2. The highest BCUT2D eigenvalue weighted by atomic mass is 35.5. The molecule has 6 heteroatoms. The van der Waals surface area contributed by atoms with Crippen LogP contribution in [0.25, 0.3) is 0 Å². The summed E-state index contributed by atoms with van der Waals surface area (Å²) in [6.45, 7) is 3.51. The van der Waals surface area contributed by atoms with Gasteiger partial charge >= 0.3 is 0 Å². The largest absolute Gasteiger partial charge is 0.370 e. The summed E-state index contributed by atoms with van der Waals surface area (Å²) in [5.74, 6) is 0.483. The van der Waals surface area contributed by atoms with Crippen LogP contribution in [0.3, 0.4) is 0 Å². The third-order valence-electron chi connectivity index (χ3n) is 3.57. The standard InChI is InChI=1S/C18H23ClN4O/c1-2-3-4-9-21-18(24)16-12-17(23-13-22-16)20-10-8-14-6-5-7-15(19)11-14/h5-7,11-13H,2-4,8-10H2,1H3,(H,21,24)(H,20,22,23). The molecule has 2 rings (SSSR count). The zero-order chi connectivity index (χ0) is 17.2. The first kappa shape index (κ1) is 18.2. The molecule has 0 fully saturated rings. The Bertz CT molecular complexity index is 663. The SMILES string of the molecule is CCCCCNC(=O)c1cc(NCCc2cccc(Cl)c2)ncn1. The van der Waals surface area contributed by atoms with Crippen LogP contribution in [-0.4, -0.2) is 29.0 Å². The smallest absolute Gasteiger partial charge is 0.270 e. The van der Waals surface area contributed by atoms with Crippen LogP contribution in [0.2, 0.25) is 5.02 Å². The molecule has 0 bridgehead atoms. The Hall–Kier alpha value is -2.14. The molecular formula is C18H23ClN4O. The fourth-order valence-electron chi connectivity index (χ4n) is 2.27. The van der Waals surface area contributed by atoms with Gasteiger partial charge in [-0.15, -0.1) is 0 Å². The van der Waals surface area contributed by atoms with Crippen molar-refractivity contribution >= 4 is 23.3 Å². The maximum absolute atomic E-state index is 12.0. The van der Waals surface area contributed by atoms with Crippen LogP contribution in [0.5, 0.6) is 0 Å². The van der Waals surface area contributed by atoms with Crippen molar-refractivity contribution < 1.29 is 4.79 Å². The van der Waals surface area contributed by atoms with Gasteiger partial charge in [0, 0.05) is 24.2 Å². The van der Waals surface area contributed by atoms with Gasteiger partial charge < -0.3 is 10.6 Å². The summed E-state index contributed by atoms with van der Waals surface area (Å²) in [4.78, 5) is 20.2. The van der Waals surface area contributed by atoms with Crippen LogP contribution in [-0.2, 0) is 6.42 Å². The number of carbonyl (C=O) groups is 1. The van der Waals surface area contributed by atoms with Gasteiger partial charge in [-0.1, -0.05) is 43.5 Å². The average Bonchev–Trinajstić information content (AvgIpc) is 2.59. The second-order valence-corrected chi connectivity index (χ2v) is 5.99. The lowest BCUT2D eigenvalue weighted by Crippen LogP contribution is -2.25. The predicted octanol–water partition coefficient (Wildman–Crippen LogP) is 3.70. The zero-order valence-corrected chi connectivity index (χ0v) is 14.6. The minimum Gasteiger partial charge on any atom is -0.370 e. The predicted molar refractivity (Wildman–Crippen MR) is 97.5 cm³/mol. The Balaban J connectivity index is 1.82. The van der Waals surface area contributed by atoms with Crippen molar-refractivity contribution in [3.8, 4) is 0 Å².